The maximum absolute atomic E-state index is 13.1. The zero-order chi connectivity index (χ0) is 20.8. The third-order valence-electron chi connectivity index (χ3n) is 6.43. The molecular weight excluding hydrogens is 386 g/mol. The molecule has 0 N–H and O–H groups in total. The number of benzene rings is 1. The molecule has 1 aromatic rings. The Hall–Kier alpha value is -2.02. The van der Waals surface area contributed by atoms with Gasteiger partial charge in [-0.2, -0.15) is 0 Å². The maximum Gasteiger partial charge on any atom is 0.253 e. The van der Waals surface area contributed by atoms with Crippen LogP contribution in [0.5, 0.6) is 0 Å². The van der Waals surface area contributed by atoms with Crippen molar-refractivity contribution in [1.82, 2.24) is 14.7 Å². The van der Waals surface area contributed by atoms with Gasteiger partial charge in [-0.3, -0.25) is 14.4 Å². The van der Waals surface area contributed by atoms with E-state index in [1.165, 1.54) is 5.56 Å². The minimum Gasteiger partial charge on any atom is -0.337 e. The molecule has 156 valence electrons. The highest BCUT2D eigenvalue weighted by Crippen LogP contribution is 2.47. The van der Waals surface area contributed by atoms with E-state index in [1.54, 1.807) is 11.8 Å². The van der Waals surface area contributed by atoms with Crippen molar-refractivity contribution in [3.05, 3.63) is 35.4 Å². The van der Waals surface area contributed by atoms with Crippen molar-refractivity contribution in [1.29, 1.82) is 0 Å². The predicted molar refractivity (Wildman–Crippen MR) is 114 cm³/mol. The fourth-order valence-corrected chi connectivity index (χ4v) is 5.96. The van der Waals surface area contributed by atoms with Gasteiger partial charge >= 0.3 is 0 Å². The van der Waals surface area contributed by atoms with Gasteiger partial charge in [0.05, 0.1) is 4.87 Å². The third kappa shape index (κ3) is 3.65. The highest BCUT2D eigenvalue weighted by atomic mass is 32.2. The van der Waals surface area contributed by atoms with Crippen LogP contribution in [-0.4, -0.2) is 75.3 Å². The molecule has 0 aromatic heterocycles. The Balaban J connectivity index is 1.36. The maximum atomic E-state index is 13.1. The molecule has 3 aliphatic heterocycles. The SMILES string of the molecule is CC(C)c1ccc(C(=O)N2CCN(C(=O)[C@@H]3CS[C@]4(C)CCC(=O)N34)CC2)cc1. The number of carbonyl (C=O) groups excluding carboxylic acids is 3. The zero-order valence-electron chi connectivity index (χ0n) is 17.4. The van der Waals surface area contributed by atoms with E-state index in [2.05, 4.69) is 20.8 Å². The molecule has 0 aliphatic carbocycles. The average Bonchev–Trinajstić information content (AvgIpc) is 3.23. The lowest BCUT2D eigenvalue weighted by atomic mass is 10.0. The van der Waals surface area contributed by atoms with Gasteiger partial charge in [-0.1, -0.05) is 26.0 Å². The van der Waals surface area contributed by atoms with Gasteiger partial charge in [0, 0.05) is 43.9 Å². The third-order valence-corrected chi connectivity index (χ3v) is 7.94. The Bertz CT molecular complexity index is 817. The van der Waals surface area contributed by atoms with Crippen molar-refractivity contribution >= 4 is 29.5 Å². The number of hydrogen-bond acceptors (Lipinski definition) is 4. The molecule has 4 rings (SSSR count). The fraction of sp³-hybridized carbons (Fsp3) is 0.591. The summed E-state index contributed by atoms with van der Waals surface area (Å²) >= 11 is 1.72. The van der Waals surface area contributed by atoms with Crippen LogP contribution < -0.4 is 0 Å². The second kappa shape index (κ2) is 7.67. The molecule has 0 radical (unpaired) electrons. The van der Waals surface area contributed by atoms with Crippen LogP contribution in [0.25, 0.3) is 0 Å². The Morgan fingerprint density at radius 2 is 1.69 bits per heavy atom. The number of hydrogen-bond donors (Lipinski definition) is 0. The van der Waals surface area contributed by atoms with Crippen molar-refractivity contribution in [3.8, 4) is 0 Å². The monoisotopic (exact) mass is 415 g/mol. The van der Waals surface area contributed by atoms with Crippen molar-refractivity contribution in [2.24, 2.45) is 0 Å². The summed E-state index contributed by atoms with van der Waals surface area (Å²) in [6, 6.07) is 7.46. The molecule has 0 unspecified atom stereocenters. The molecule has 3 fully saturated rings. The van der Waals surface area contributed by atoms with E-state index >= 15 is 0 Å². The molecule has 2 atom stereocenters. The minimum absolute atomic E-state index is 0.0196. The van der Waals surface area contributed by atoms with Gasteiger partial charge in [-0.05, 0) is 37.0 Å². The first-order valence-corrected chi connectivity index (χ1v) is 11.4. The van der Waals surface area contributed by atoms with Gasteiger partial charge < -0.3 is 14.7 Å². The molecule has 29 heavy (non-hydrogen) atoms. The molecule has 6 nitrogen and oxygen atoms in total. The Labute approximate surface area is 176 Å². The topological polar surface area (TPSA) is 60.9 Å². The van der Waals surface area contributed by atoms with Gasteiger partial charge in [0.25, 0.3) is 5.91 Å². The number of rotatable bonds is 3. The molecule has 3 aliphatic rings. The van der Waals surface area contributed by atoms with Crippen LogP contribution in [0.1, 0.15) is 55.5 Å². The lowest BCUT2D eigenvalue weighted by molar-refractivity contribution is -0.144. The summed E-state index contributed by atoms with van der Waals surface area (Å²) < 4.78 is 0. The summed E-state index contributed by atoms with van der Waals surface area (Å²) in [5.41, 5.74) is 1.91. The first kappa shape index (κ1) is 20.3. The number of carbonyl (C=O) groups is 3. The summed E-state index contributed by atoms with van der Waals surface area (Å²) in [5.74, 6) is 1.25. The molecule has 1 aromatic carbocycles. The van der Waals surface area contributed by atoms with Crippen LogP contribution >= 0.6 is 11.8 Å². The van der Waals surface area contributed by atoms with E-state index in [1.807, 2.05) is 39.0 Å². The van der Waals surface area contributed by atoms with Gasteiger partial charge in [0.2, 0.25) is 11.8 Å². The number of thioether (sulfide) groups is 1. The van der Waals surface area contributed by atoms with E-state index < -0.39 is 0 Å². The average molecular weight is 416 g/mol. The lowest BCUT2D eigenvalue weighted by Gasteiger charge is -2.38. The van der Waals surface area contributed by atoms with E-state index in [0.717, 1.165) is 6.42 Å². The summed E-state index contributed by atoms with van der Waals surface area (Å²) in [4.78, 5) is 43.5. The Kier molecular flexibility index (Phi) is 5.36. The predicted octanol–water partition coefficient (Wildman–Crippen LogP) is 2.55. The molecule has 0 spiro atoms. The molecule has 0 bridgehead atoms. The van der Waals surface area contributed by atoms with Gasteiger partial charge in [-0.25, -0.2) is 0 Å². The minimum atomic E-state index is -0.356. The highest BCUT2D eigenvalue weighted by molar-refractivity contribution is 8.01. The van der Waals surface area contributed by atoms with Crippen LogP contribution in [0.2, 0.25) is 0 Å². The first-order chi connectivity index (χ1) is 13.8. The van der Waals surface area contributed by atoms with Crippen molar-refractivity contribution in [2.45, 2.75) is 50.4 Å². The fourth-order valence-electron chi connectivity index (χ4n) is 4.54. The summed E-state index contributed by atoms with van der Waals surface area (Å²) in [5, 5.41) is 0. The molecule has 3 heterocycles. The standard InChI is InChI=1S/C22H29N3O3S/c1-15(2)16-4-6-17(7-5-16)20(27)23-10-12-24(13-11-23)21(28)18-14-29-22(3)9-8-19(26)25(18)22/h4-7,15,18H,8-14H2,1-3H3/t18-,22+/m0/s1. The molecule has 3 amide bonds. The Morgan fingerprint density at radius 1 is 1.07 bits per heavy atom. The van der Waals surface area contributed by atoms with Gasteiger partial charge in [-0.15, -0.1) is 11.8 Å². The number of amides is 3. The van der Waals surface area contributed by atoms with E-state index in [0.29, 0.717) is 49.8 Å². The first-order valence-electron chi connectivity index (χ1n) is 10.4. The van der Waals surface area contributed by atoms with Crippen molar-refractivity contribution in [3.63, 3.8) is 0 Å². The van der Waals surface area contributed by atoms with Crippen LogP contribution in [0.4, 0.5) is 0 Å². The summed E-state index contributed by atoms with van der Waals surface area (Å²) in [6.07, 6.45) is 1.35. The van der Waals surface area contributed by atoms with Crippen LogP contribution in [0.15, 0.2) is 24.3 Å². The number of nitrogens with zero attached hydrogens (tertiary/aromatic N) is 3. The second-order valence-electron chi connectivity index (χ2n) is 8.66. The summed E-state index contributed by atoms with van der Waals surface area (Å²) in [7, 11) is 0. The van der Waals surface area contributed by atoms with Crippen molar-refractivity contribution < 1.29 is 14.4 Å². The van der Waals surface area contributed by atoms with Gasteiger partial charge in [0.15, 0.2) is 0 Å². The van der Waals surface area contributed by atoms with Gasteiger partial charge in [0.1, 0.15) is 6.04 Å². The van der Waals surface area contributed by atoms with E-state index in [4.69, 9.17) is 0 Å². The molecule has 7 heteroatoms. The summed E-state index contributed by atoms with van der Waals surface area (Å²) in [6.45, 7) is 8.44. The van der Waals surface area contributed by atoms with Crippen molar-refractivity contribution in [2.75, 3.05) is 31.9 Å². The number of fused-ring (bicyclic) bond motifs is 1. The van der Waals surface area contributed by atoms with E-state index in [9.17, 15) is 14.4 Å². The largest absolute Gasteiger partial charge is 0.337 e. The Morgan fingerprint density at radius 3 is 2.31 bits per heavy atom. The van der Waals surface area contributed by atoms with Crippen LogP contribution in [0, 0.1) is 0 Å². The lowest BCUT2D eigenvalue weighted by Crippen LogP contribution is -2.56. The normalized spacial score (nSPS) is 27.0. The zero-order valence-corrected chi connectivity index (χ0v) is 18.2. The smallest absolute Gasteiger partial charge is 0.253 e. The van der Waals surface area contributed by atoms with Crippen LogP contribution in [0.3, 0.4) is 0 Å². The van der Waals surface area contributed by atoms with E-state index in [-0.39, 0.29) is 28.6 Å². The highest BCUT2D eigenvalue weighted by Gasteiger charge is 2.53. The quantitative estimate of drug-likeness (QED) is 0.761. The second-order valence-corrected chi connectivity index (χ2v) is 10.2. The number of piperazine rings is 1. The molecule has 0 saturated carbocycles. The molecular formula is C22H29N3O3S. The molecule has 3 saturated heterocycles. The van der Waals surface area contributed by atoms with Crippen LogP contribution in [-0.2, 0) is 9.59 Å².